The largest absolute Gasteiger partial charge is 0.280 e. The smallest absolute Gasteiger partial charge is 0.267 e. The van der Waals surface area contributed by atoms with Crippen LogP contribution in [-0.2, 0) is 4.79 Å². The molecule has 0 spiro atoms. The summed E-state index contributed by atoms with van der Waals surface area (Å²) in [4.78, 5) is 19.1. The molecule has 0 radical (unpaired) electrons. The van der Waals surface area contributed by atoms with Crippen LogP contribution in [0.5, 0.6) is 0 Å². The van der Waals surface area contributed by atoms with Crippen LogP contribution in [0, 0.1) is 0 Å². The van der Waals surface area contributed by atoms with Crippen LogP contribution in [0.25, 0.3) is 22.3 Å². The normalized spacial score (nSPS) is 14.4. The predicted octanol–water partition coefficient (Wildman–Crippen LogP) is 6.57. The van der Waals surface area contributed by atoms with Crippen molar-refractivity contribution in [1.29, 1.82) is 0 Å². The number of hydrazone groups is 1. The maximum absolute atomic E-state index is 13.7. The number of hydrogen-bond acceptors (Lipinski definition) is 6. The van der Waals surface area contributed by atoms with Gasteiger partial charge in [-0.15, -0.1) is 11.3 Å². The third kappa shape index (κ3) is 4.89. The summed E-state index contributed by atoms with van der Waals surface area (Å²) in [5, 5.41) is 14.0. The van der Waals surface area contributed by atoms with E-state index in [4.69, 9.17) is 10.2 Å². The molecule has 0 saturated carbocycles. The zero-order chi connectivity index (χ0) is 25.0. The first-order valence-corrected chi connectivity index (χ1v) is 13.5. The first-order chi connectivity index (χ1) is 18.3. The summed E-state index contributed by atoms with van der Waals surface area (Å²) in [6, 6.07) is 29.3. The lowest BCUT2D eigenvalue weighted by Gasteiger charge is -2.10. The molecule has 3 aromatic heterocycles. The molecule has 1 aliphatic rings. The van der Waals surface area contributed by atoms with Gasteiger partial charge in [0.15, 0.2) is 0 Å². The number of benzene rings is 2. The van der Waals surface area contributed by atoms with Crippen LogP contribution < -0.4 is 5.01 Å². The highest BCUT2D eigenvalue weighted by Gasteiger charge is 2.31. The van der Waals surface area contributed by atoms with Crippen molar-refractivity contribution in [2.75, 3.05) is 10.8 Å². The number of carbonyl (C=O) groups excluding carboxylic acids is 1. The van der Waals surface area contributed by atoms with Crippen LogP contribution >= 0.6 is 23.1 Å². The number of rotatable bonds is 7. The first-order valence-electron chi connectivity index (χ1n) is 11.7. The van der Waals surface area contributed by atoms with Crippen molar-refractivity contribution in [2.45, 2.75) is 5.03 Å². The van der Waals surface area contributed by atoms with E-state index in [1.807, 2.05) is 113 Å². The highest BCUT2D eigenvalue weighted by molar-refractivity contribution is 8.00. The molecule has 0 N–H and O–H groups in total. The lowest BCUT2D eigenvalue weighted by Crippen LogP contribution is -2.21. The molecule has 1 aliphatic heterocycles. The number of thioether (sulfide) groups is 1. The van der Waals surface area contributed by atoms with Crippen LogP contribution in [0.4, 0.5) is 5.69 Å². The second kappa shape index (κ2) is 10.4. The van der Waals surface area contributed by atoms with Gasteiger partial charge in [-0.25, -0.2) is 9.67 Å². The van der Waals surface area contributed by atoms with E-state index < -0.39 is 0 Å². The fraction of sp³-hybridized carbons (Fsp3) is 0.0345. The Bertz CT molecular complexity index is 1580. The van der Waals surface area contributed by atoms with E-state index in [1.54, 1.807) is 29.3 Å². The van der Waals surface area contributed by atoms with Gasteiger partial charge in [0.25, 0.3) is 5.91 Å². The van der Waals surface area contributed by atoms with Gasteiger partial charge in [0.05, 0.1) is 32.6 Å². The summed E-state index contributed by atoms with van der Waals surface area (Å²) in [5.41, 5.74) is 4.63. The van der Waals surface area contributed by atoms with E-state index in [9.17, 15) is 4.79 Å². The van der Waals surface area contributed by atoms with Crippen LogP contribution in [0.1, 0.15) is 5.56 Å². The van der Waals surface area contributed by atoms with Gasteiger partial charge in [-0.3, -0.25) is 4.79 Å². The van der Waals surface area contributed by atoms with Crippen molar-refractivity contribution in [1.82, 2.24) is 14.8 Å². The molecular formula is C29H21N5OS2. The summed E-state index contributed by atoms with van der Waals surface area (Å²) in [7, 11) is 0. The quantitative estimate of drug-likeness (QED) is 0.180. The van der Waals surface area contributed by atoms with Gasteiger partial charge in [-0.2, -0.15) is 15.2 Å². The number of nitrogens with zero attached hydrogens (tertiary/aromatic N) is 5. The SMILES string of the molecule is O=C1/C(=C\c2cn(-c3ccccc3)nc2-c2cccs2)C(CSc2ccccn2)=NN1c1ccccc1. The Morgan fingerprint density at radius 1 is 0.865 bits per heavy atom. The lowest BCUT2D eigenvalue weighted by molar-refractivity contribution is -0.114. The molecule has 0 fully saturated rings. The molecule has 6 nitrogen and oxygen atoms in total. The molecule has 8 heteroatoms. The number of hydrogen-bond donors (Lipinski definition) is 0. The summed E-state index contributed by atoms with van der Waals surface area (Å²) >= 11 is 3.18. The number of carbonyl (C=O) groups is 1. The lowest BCUT2D eigenvalue weighted by atomic mass is 10.1. The predicted molar refractivity (Wildman–Crippen MR) is 151 cm³/mol. The first kappa shape index (κ1) is 23.1. The van der Waals surface area contributed by atoms with Gasteiger partial charge in [0.1, 0.15) is 5.69 Å². The average molecular weight is 520 g/mol. The maximum atomic E-state index is 13.7. The molecule has 6 rings (SSSR count). The van der Waals surface area contributed by atoms with Gasteiger partial charge < -0.3 is 0 Å². The highest BCUT2D eigenvalue weighted by Crippen LogP contribution is 2.32. The Morgan fingerprint density at radius 3 is 2.32 bits per heavy atom. The van der Waals surface area contributed by atoms with Crippen LogP contribution in [0.2, 0.25) is 0 Å². The third-order valence-electron chi connectivity index (χ3n) is 5.77. The fourth-order valence-corrected chi connectivity index (χ4v) is 5.53. The van der Waals surface area contributed by atoms with Crippen molar-refractivity contribution in [3.8, 4) is 16.3 Å². The second-order valence-electron chi connectivity index (χ2n) is 8.20. The maximum Gasteiger partial charge on any atom is 0.280 e. The number of pyridine rings is 1. The summed E-state index contributed by atoms with van der Waals surface area (Å²) in [6.45, 7) is 0. The molecule has 0 aliphatic carbocycles. The molecule has 0 atom stereocenters. The van der Waals surface area contributed by atoms with E-state index in [2.05, 4.69) is 4.98 Å². The molecule has 0 unspecified atom stereocenters. The minimum Gasteiger partial charge on any atom is -0.267 e. The Morgan fingerprint density at radius 2 is 1.62 bits per heavy atom. The monoisotopic (exact) mass is 519 g/mol. The van der Waals surface area contributed by atoms with Gasteiger partial charge in [0.2, 0.25) is 0 Å². The Kier molecular flexibility index (Phi) is 6.49. The van der Waals surface area contributed by atoms with Crippen LogP contribution in [-0.4, -0.2) is 32.1 Å². The topological polar surface area (TPSA) is 63.4 Å². The third-order valence-corrected chi connectivity index (χ3v) is 7.60. The molecular weight excluding hydrogens is 498 g/mol. The van der Waals surface area contributed by atoms with E-state index in [-0.39, 0.29) is 5.91 Å². The van der Waals surface area contributed by atoms with E-state index >= 15 is 0 Å². The molecule has 2 aromatic carbocycles. The Hall–Kier alpha value is -4.27. The van der Waals surface area contributed by atoms with Crippen molar-refractivity contribution in [3.05, 3.63) is 120 Å². The van der Waals surface area contributed by atoms with Crippen molar-refractivity contribution in [3.63, 3.8) is 0 Å². The van der Waals surface area contributed by atoms with E-state index in [0.717, 1.165) is 32.5 Å². The summed E-state index contributed by atoms with van der Waals surface area (Å²) in [5.74, 6) is 0.353. The van der Waals surface area contributed by atoms with E-state index in [0.29, 0.717) is 17.0 Å². The van der Waals surface area contributed by atoms with Crippen LogP contribution in [0.3, 0.4) is 0 Å². The molecule has 180 valence electrons. The minimum atomic E-state index is -0.160. The Labute approximate surface area is 222 Å². The summed E-state index contributed by atoms with van der Waals surface area (Å²) in [6.07, 6.45) is 5.66. The van der Waals surface area contributed by atoms with Crippen molar-refractivity contribution in [2.24, 2.45) is 5.10 Å². The van der Waals surface area contributed by atoms with Crippen LogP contribution in [0.15, 0.2) is 124 Å². The Balaban J connectivity index is 1.42. The van der Waals surface area contributed by atoms with E-state index in [1.165, 1.54) is 5.01 Å². The number of para-hydroxylation sites is 2. The second-order valence-corrected chi connectivity index (χ2v) is 10.1. The molecule has 1 amide bonds. The zero-order valence-corrected chi connectivity index (χ0v) is 21.3. The number of anilines is 1. The molecule has 0 saturated heterocycles. The van der Waals surface area contributed by atoms with Gasteiger partial charge >= 0.3 is 0 Å². The fourth-order valence-electron chi connectivity index (χ4n) is 3.99. The van der Waals surface area contributed by atoms with Crippen molar-refractivity contribution < 1.29 is 4.79 Å². The van der Waals surface area contributed by atoms with Gasteiger partial charge in [-0.05, 0) is 53.9 Å². The molecule has 5 aromatic rings. The minimum absolute atomic E-state index is 0.160. The number of thiophene rings is 1. The number of amides is 1. The number of aromatic nitrogens is 3. The molecule has 0 bridgehead atoms. The summed E-state index contributed by atoms with van der Waals surface area (Å²) < 4.78 is 1.86. The van der Waals surface area contributed by atoms with Gasteiger partial charge in [0, 0.05) is 23.7 Å². The van der Waals surface area contributed by atoms with Crippen molar-refractivity contribution >= 4 is 46.5 Å². The zero-order valence-electron chi connectivity index (χ0n) is 19.6. The standard InChI is InChI=1S/C29H21N5OS2/c35-29-24(18-21-19-33(22-10-3-1-4-11-22)32-28(21)26-14-9-17-36-26)25(20-37-27-15-7-8-16-30-27)31-34(29)23-12-5-2-6-13-23/h1-19H,20H2/b24-18-. The highest BCUT2D eigenvalue weighted by atomic mass is 32.2. The average Bonchev–Trinajstić information content (AvgIpc) is 3.70. The van der Waals surface area contributed by atoms with Gasteiger partial charge in [-0.1, -0.05) is 60.3 Å². The molecule has 37 heavy (non-hydrogen) atoms. The molecule has 4 heterocycles.